The predicted molar refractivity (Wildman–Crippen MR) is 101 cm³/mol. The van der Waals surface area contributed by atoms with Crippen LogP contribution in [-0.4, -0.2) is 11.6 Å². The standard InChI is InChI=1S/C23H22O3/c1-13-8-14(2)21(15(3)9-13)22-19(24)12-17(23(22)25)11-18-10-16-6-4-5-7-20(16)26-18/h4-10,17,22H,11-12H2,1-3H3. The third kappa shape index (κ3) is 2.78. The molecule has 132 valence electrons. The van der Waals surface area contributed by atoms with E-state index in [4.69, 9.17) is 4.42 Å². The van der Waals surface area contributed by atoms with Crippen LogP contribution in [0.3, 0.4) is 0 Å². The van der Waals surface area contributed by atoms with E-state index in [1.807, 2.05) is 51.1 Å². The van der Waals surface area contributed by atoms with Crippen molar-refractivity contribution in [1.29, 1.82) is 0 Å². The summed E-state index contributed by atoms with van der Waals surface area (Å²) in [5.41, 5.74) is 4.93. The van der Waals surface area contributed by atoms with Crippen molar-refractivity contribution in [1.82, 2.24) is 0 Å². The molecule has 0 spiro atoms. The number of benzene rings is 2. The third-order valence-corrected chi connectivity index (χ3v) is 5.41. The van der Waals surface area contributed by atoms with Gasteiger partial charge in [-0.25, -0.2) is 0 Å². The number of para-hydroxylation sites is 1. The van der Waals surface area contributed by atoms with Crippen LogP contribution in [0.4, 0.5) is 0 Å². The normalized spacial score (nSPS) is 20.3. The van der Waals surface area contributed by atoms with Crippen LogP contribution in [0.1, 0.15) is 40.4 Å². The fourth-order valence-corrected chi connectivity index (χ4v) is 4.36. The summed E-state index contributed by atoms with van der Waals surface area (Å²) >= 11 is 0. The van der Waals surface area contributed by atoms with Gasteiger partial charge < -0.3 is 4.42 Å². The number of carbonyl (C=O) groups excluding carboxylic acids is 2. The number of carbonyl (C=O) groups is 2. The molecular weight excluding hydrogens is 324 g/mol. The average molecular weight is 346 g/mol. The number of rotatable bonds is 3. The molecule has 1 heterocycles. The molecule has 3 nitrogen and oxygen atoms in total. The number of hydrogen-bond donors (Lipinski definition) is 0. The Kier molecular flexibility index (Phi) is 4.03. The molecule has 4 rings (SSSR count). The maximum absolute atomic E-state index is 13.1. The Morgan fingerprint density at radius 3 is 2.38 bits per heavy atom. The zero-order chi connectivity index (χ0) is 18.4. The van der Waals surface area contributed by atoms with Crippen molar-refractivity contribution in [2.24, 2.45) is 5.92 Å². The highest BCUT2D eigenvalue weighted by atomic mass is 16.3. The van der Waals surface area contributed by atoms with E-state index in [0.717, 1.165) is 39.0 Å². The van der Waals surface area contributed by atoms with Gasteiger partial charge in [0.05, 0.1) is 0 Å². The molecule has 1 saturated carbocycles. The summed E-state index contributed by atoms with van der Waals surface area (Å²) in [4.78, 5) is 25.8. The van der Waals surface area contributed by atoms with Crippen molar-refractivity contribution in [2.75, 3.05) is 0 Å². The third-order valence-electron chi connectivity index (χ3n) is 5.41. The lowest BCUT2D eigenvalue weighted by Crippen LogP contribution is -2.18. The number of fused-ring (bicyclic) bond motifs is 1. The molecule has 0 bridgehead atoms. The summed E-state index contributed by atoms with van der Waals surface area (Å²) in [5, 5.41) is 1.03. The van der Waals surface area contributed by atoms with Crippen molar-refractivity contribution in [2.45, 2.75) is 39.5 Å². The smallest absolute Gasteiger partial charge is 0.151 e. The van der Waals surface area contributed by atoms with Crippen molar-refractivity contribution < 1.29 is 14.0 Å². The summed E-state index contributed by atoms with van der Waals surface area (Å²) in [6.45, 7) is 6.01. The van der Waals surface area contributed by atoms with E-state index < -0.39 is 5.92 Å². The highest BCUT2D eigenvalue weighted by Crippen LogP contribution is 2.38. The highest BCUT2D eigenvalue weighted by molar-refractivity contribution is 6.15. The Morgan fingerprint density at radius 1 is 1.00 bits per heavy atom. The quantitative estimate of drug-likeness (QED) is 0.637. The van der Waals surface area contributed by atoms with Gasteiger partial charge in [-0.15, -0.1) is 0 Å². The monoisotopic (exact) mass is 346 g/mol. The van der Waals surface area contributed by atoms with Gasteiger partial charge in [0.1, 0.15) is 23.0 Å². The van der Waals surface area contributed by atoms with Crippen LogP contribution >= 0.6 is 0 Å². The minimum atomic E-state index is -0.620. The molecule has 3 aromatic rings. The van der Waals surface area contributed by atoms with Crippen molar-refractivity contribution in [3.63, 3.8) is 0 Å². The fraction of sp³-hybridized carbons (Fsp3) is 0.304. The van der Waals surface area contributed by atoms with Gasteiger partial charge in [0.2, 0.25) is 0 Å². The van der Waals surface area contributed by atoms with E-state index in [1.165, 1.54) is 0 Å². The summed E-state index contributed by atoms with van der Waals surface area (Å²) in [5.74, 6) is -0.0785. The Bertz CT molecular complexity index is 969. The van der Waals surface area contributed by atoms with Gasteiger partial charge in [-0.1, -0.05) is 35.9 Å². The molecule has 1 fully saturated rings. The molecule has 0 saturated heterocycles. The van der Waals surface area contributed by atoms with Crippen molar-refractivity contribution in [3.8, 4) is 0 Å². The van der Waals surface area contributed by atoms with E-state index in [1.54, 1.807) is 0 Å². The van der Waals surface area contributed by atoms with Gasteiger partial charge in [-0.3, -0.25) is 9.59 Å². The first-order valence-corrected chi connectivity index (χ1v) is 9.05. The molecule has 2 unspecified atom stereocenters. The molecule has 0 radical (unpaired) electrons. The average Bonchev–Trinajstić information content (AvgIpc) is 3.09. The van der Waals surface area contributed by atoms with Crippen molar-refractivity contribution >= 4 is 22.5 Å². The molecule has 2 aromatic carbocycles. The minimum absolute atomic E-state index is 0.0329. The SMILES string of the molecule is Cc1cc(C)c(C2C(=O)CC(Cc3cc4ccccc4o3)C2=O)c(C)c1. The zero-order valence-electron chi connectivity index (χ0n) is 15.3. The molecule has 3 heteroatoms. The lowest BCUT2D eigenvalue weighted by molar-refractivity contribution is -0.124. The summed E-state index contributed by atoms with van der Waals surface area (Å²) in [6.07, 6.45) is 0.785. The van der Waals surface area contributed by atoms with E-state index >= 15 is 0 Å². The molecule has 26 heavy (non-hydrogen) atoms. The Hall–Kier alpha value is -2.68. The van der Waals surface area contributed by atoms with Crippen LogP contribution in [0.2, 0.25) is 0 Å². The van der Waals surface area contributed by atoms with Gasteiger partial charge in [0.25, 0.3) is 0 Å². The number of ketones is 2. The predicted octanol–water partition coefficient (Wildman–Crippen LogP) is 4.84. The molecule has 0 aliphatic heterocycles. The van der Waals surface area contributed by atoms with Crippen LogP contribution in [-0.2, 0) is 16.0 Å². The lowest BCUT2D eigenvalue weighted by atomic mass is 9.86. The van der Waals surface area contributed by atoms with Crippen LogP contribution < -0.4 is 0 Å². The first-order chi connectivity index (χ1) is 12.4. The maximum atomic E-state index is 13.1. The van der Waals surface area contributed by atoms with Crippen LogP contribution in [0, 0.1) is 26.7 Å². The second-order valence-corrected chi connectivity index (χ2v) is 7.47. The topological polar surface area (TPSA) is 47.3 Å². The van der Waals surface area contributed by atoms with Crippen LogP contribution in [0.25, 0.3) is 11.0 Å². The molecule has 1 aliphatic rings. The Labute approximate surface area is 153 Å². The zero-order valence-corrected chi connectivity index (χ0v) is 15.3. The van der Waals surface area contributed by atoms with E-state index in [-0.39, 0.29) is 17.5 Å². The molecule has 1 aliphatic carbocycles. The molecule has 0 N–H and O–H groups in total. The first-order valence-electron chi connectivity index (χ1n) is 9.05. The number of hydrogen-bond acceptors (Lipinski definition) is 3. The van der Waals surface area contributed by atoms with Gasteiger partial charge in [0.15, 0.2) is 5.78 Å². The molecule has 0 amide bonds. The number of aryl methyl sites for hydroxylation is 3. The van der Waals surface area contributed by atoms with Gasteiger partial charge in [-0.05, 0) is 49.6 Å². The Morgan fingerprint density at radius 2 is 1.69 bits per heavy atom. The second kappa shape index (κ2) is 6.24. The summed E-state index contributed by atoms with van der Waals surface area (Å²) in [6, 6.07) is 13.9. The number of Topliss-reactive ketones (excluding diaryl/α,β-unsaturated/α-hetero) is 2. The number of furan rings is 1. The van der Waals surface area contributed by atoms with E-state index in [9.17, 15) is 9.59 Å². The van der Waals surface area contributed by atoms with Crippen LogP contribution in [0.15, 0.2) is 46.9 Å². The summed E-state index contributed by atoms with van der Waals surface area (Å²) in [7, 11) is 0. The molecular formula is C23H22O3. The van der Waals surface area contributed by atoms with Gasteiger partial charge in [-0.2, -0.15) is 0 Å². The van der Waals surface area contributed by atoms with Crippen molar-refractivity contribution in [3.05, 3.63) is 70.5 Å². The fourth-order valence-electron chi connectivity index (χ4n) is 4.36. The van der Waals surface area contributed by atoms with E-state index in [0.29, 0.717) is 12.8 Å². The van der Waals surface area contributed by atoms with Crippen LogP contribution in [0.5, 0.6) is 0 Å². The Balaban J connectivity index is 1.63. The maximum Gasteiger partial charge on any atom is 0.151 e. The highest BCUT2D eigenvalue weighted by Gasteiger charge is 2.43. The van der Waals surface area contributed by atoms with Gasteiger partial charge >= 0.3 is 0 Å². The van der Waals surface area contributed by atoms with Gasteiger partial charge in [0, 0.05) is 24.1 Å². The molecule has 1 aromatic heterocycles. The second-order valence-electron chi connectivity index (χ2n) is 7.47. The molecule has 2 atom stereocenters. The first kappa shape index (κ1) is 16.8. The lowest BCUT2D eigenvalue weighted by Gasteiger charge is -2.16. The minimum Gasteiger partial charge on any atom is -0.461 e. The largest absolute Gasteiger partial charge is 0.461 e. The summed E-state index contributed by atoms with van der Waals surface area (Å²) < 4.78 is 5.85. The van der Waals surface area contributed by atoms with E-state index in [2.05, 4.69) is 12.1 Å².